The van der Waals surface area contributed by atoms with Crippen molar-refractivity contribution in [2.75, 3.05) is 5.43 Å². The van der Waals surface area contributed by atoms with E-state index in [0.717, 1.165) is 22.2 Å². The fraction of sp³-hybridized carbons (Fsp3) is 0.0870. The Kier molecular flexibility index (Phi) is 5.47. The predicted octanol–water partition coefficient (Wildman–Crippen LogP) is 6.75. The highest BCUT2D eigenvalue weighted by Gasteiger charge is 2.12. The Bertz CT molecular complexity index is 1220. The summed E-state index contributed by atoms with van der Waals surface area (Å²) >= 11 is 12.4. The second-order valence-electron chi connectivity index (χ2n) is 6.71. The van der Waals surface area contributed by atoms with Crippen LogP contribution in [0.15, 0.2) is 71.8 Å². The van der Waals surface area contributed by atoms with Crippen molar-refractivity contribution in [3.8, 4) is 11.4 Å². The quantitative estimate of drug-likeness (QED) is 0.293. The first kappa shape index (κ1) is 19.4. The molecule has 4 aromatic rings. The van der Waals surface area contributed by atoms with Gasteiger partial charge in [-0.25, -0.2) is 9.97 Å². The molecule has 0 radical (unpaired) electrons. The molecule has 6 heteroatoms. The minimum Gasteiger partial charge on any atom is -0.260 e. The first-order valence-electron chi connectivity index (χ1n) is 9.11. The summed E-state index contributed by atoms with van der Waals surface area (Å²) in [7, 11) is 0. The van der Waals surface area contributed by atoms with Crippen LogP contribution in [0.1, 0.15) is 18.1 Å². The fourth-order valence-corrected chi connectivity index (χ4v) is 3.44. The lowest BCUT2D eigenvalue weighted by atomic mass is 10.1. The van der Waals surface area contributed by atoms with Gasteiger partial charge in [-0.05, 0) is 49.7 Å². The number of fused-ring (bicyclic) bond motifs is 1. The molecule has 0 fully saturated rings. The van der Waals surface area contributed by atoms with E-state index in [2.05, 4.69) is 39.6 Å². The third-order valence-corrected chi connectivity index (χ3v) is 5.12. The van der Waals surface area contributed by atoms with Gasteiger partial charge in [-0.3, -0.25) is 5.43 Å². The van der Waals surface area contributed by atoms with E-state index in [9.17, 15) is 0 Å². The molecule has 29 heavy (non-hydrogen) atoms. The van der Waals surface area contributed by atoms with Crippen molar-refractivity contribution in [3.63, 3.8) is 0 Å². The number of rotatable bonds is 4. The molecule has 3 aromatic carbocycles. The highest BCUT2D eigenvalue weighted by atomic mass is 35.5. The molecule has 0 atom stereocenters. The minimum atomic E-state index is 0.498. The maximum Gasteiger partial charge on any atom is 0.163 e. The van der Waals surface area contributed by atoms with Gasteiger partial charge < -0.3 is 0 Å². The topological polar surface area (TPSA) is 50.2 Å². The van der Waals surface area contributed by atoms with Crippen molar-refractivity contribution < 1.29 is 0 Å². The van der Waals surface area contributed by atoms with Crippen LogP contribution >= 0.6 is 23.2 Å². The van der Waals surface area contributed by atoms with E-state index in [1.165, 1.54) is 5.56 Å². The molecule has 4 nitrogen and oxygen atoms in total. The molecule has 1 heterocycles. The summed E-state index contributed by atoms with van der Waals surface area (Å²) in [4.78, 5) is 9.35. The molecule has 144 valence electrons. The second-order valence-corrected chi connectivity index (χ2v) is 7.56. The smallest absolute Gasteiger partial charge is 0.163 e. The SMILES string of the molecule is C/C(=N\Nc1nc(-c2ccc(Cl)cc2Cl)nc2ccccc12)c1ccc(C)cc1. The molecule has 0 amide bonds. The number of halogens is 2. The molecule has 0 bridgehead atoms. The molecule has 0 aliphatic heterocycles. The molecule has 4 rings (SSSR count). The Morgan fingerprint density at radius 2 is 1.69 bits per heavy atom. The number of aryl methyl sites for hydroxylation is 1. The van der Waals surface area contributed by atoms with E-state index in [-0.39, 0.29) is 0 Å². The lowest BCUT2D eigenvalue weighted by Gasteiger charge is -2.10. The van der Waals surface area contributed by atoms with Gasteiger partial charge in [-0.15, -0.1) is 0 Å². The molecule has 0 saturated carbocycles. The van der Waals surface area contributed by atoms with Crippen molar-refractivity contribution in [2.24, 2.45) is 5.10 Å². The Morgan fingerprint density at radius 3 is 2.45 bits per heavy atom. The Morgan fingerprint density at radius 1 is 0.931 bits per heavy atom. The lowest BCUT2D eigenvalue weighted by molar-refractivity contribution is 1.18. The van der Waals surface area contributed by atoms with E-state index in [0.29, 0.717) is 27.3 Å². The van der Waals surface area contributed by atoms with Crippen LogP contribution in [-0.4, -0.2) is 15.7 Å². The number of anilines is 1. The summed E-state index contributed by atoms with van der Waals surface area (Å²) in [6.45, 7) is 4.02. The third-order valence-electron chi connectivity index (χ3n) is 4.57. The zero-order valence-electron chi connectivity index (χ0n) is 15.9. The van der Waals surface area contributed by atoms with Crippen molar-refractivity contribution in [3.05, 3.63) is 87.9 Å². The maximum atomic E-state index is 6.38. The molecule has 0 aliphatic rings. The average Bonchev–Trinajstić information content (AvgIpc) is 2.72. The van der Waals surface area contributed by atoms with E-state index in [1.807, 2.05) is 49.4 Å². The van der Waals surface area contributed by atoms with Gasteiger partial charge in [-0.1, -0.05) is 65.2 Å². The summed E-state index contributed by atoms with van der Waals surface area (Å²) in [5, 5.41) is 6.48. The molecule has 0 unspecified atom stereocenters. The number of hydrazone groups is 1. The number of aromatic nitrogens is 2. The van der Waals surface area contributed by atoms with Gasteiger partial charge >= 0.3 is 0 Å². The molecule has 1 N–H and O–H groups in total. The minimum absolute atomic E-state index is 0.498. The van der Waals surface area contributed by atoms with Gasteiger partial charge in [0.2, 0.25) is 0 Å². The van der Waals surface area contributed by atoms with Crippen molar-refractivity contribution in [2.45, 2.75) is 13.8 Å². The Labute approximate surface area is 179 Å². The maximum absolute atomic E-state index is 6.38. The van der Waals surface area contributed by atoms with Crippen molar-refractivity contribution >= 4 is 45.6 Å². The van der Waals surface area contributed by atoms with Crippen LogP contribution in [0.4, 0.5) is 5.82 Å². The van der Waals surface area contributed by atoms with Crippen LogP contribution in [0.5, 0.6) is 0 Å². The van der Waals surface area contributed by atoms with E-state index in [1.54, 1.807) is 12.1 Å². The Hall–Kier alpha value is -2.95. The van der Waals surface area contributed by atoms with E-state index >= 15 is 0 Å². The summed E-state index contributed by atoms with van der Waals surface area (Å²) in [5.41, 5.74) is 7.73. The van der Waals surface area contributed by atoms with Crippen molar-refractivity contribution in [1.29, 1.82) is 0 Å². The van der Waals surface area contributed by atoms with Gasteiger partial charge in [0.25, 0.3) is 0 Å². The summed E-state index contributed by atoms with van der Waals surface area (Å²) in [6, 6.07) is 21.3. The number of hydrogen-bond acceptors (Lipinski definition) is 4. The van der Waals surface area contributed by atoms with Gasteiger partial charge in [0.15, 0.2) is 11.6 Å². The van der Waals surface area contributed by atoms with Crippen LogP contribution in [0.25, 0.3) is 22.3 Å². The molecular weight excluding hydrogens is 403 g/mol. The molecular formula is C23H18Cl2N4. The first-order valence-corrected chi connectivity index (χ1v) is 9.86. The van der Waals surface area contributed by atoms with Crippen LogP contribution in [0.2, 0.25) is 10.0 Å². The van der Waals surface area contributed by atoms with Crippen LogP contribution in [0, 0.1) is 6.92 Å². The van der Waals surface area contributed by atoms with Gasteiger partial charge in [0, 0.05) is 16.0 Å². The van der Waals surface area contributed by atoms with Crippen LogP contribution < -0.4 is 5.43 Å². The van der Waals surface area contributed by atoms with Crippen LogP contribution in [0.3, 0.4) is 0 Å². The number of benzene rings is 3. The zero-order valence-corrected chi connectivity index (χ0v) is 17.5. The number of hydrogen-bond donors (Lipinski definition) is 1. The lowest BCUT2D eigenvalue weighted by Crippen LogP contribution is -2.03. The highest BCUT2D eigenvalue weighted by molar-refractivity contribution is 6.36. The van der Waals surface area contributed by atoms with E-state index < -0.39 is 0 Å². The van der Waals surface area contributed by atoms with Crippen LogP contribution in [-0.2, 0) is 0 Å². The molecule has 1 aromatic heterocycles. The van der Waals surface area contributed by atoms with Gasteiger partial charge in [0.05, 0.1) is 16.3 Å². The predicted molar refractivity (Wildman–Crippen MR) is 122 cm³/mol. The molecule has 0 spiro atoms. The first-order chi connectivity index (χ1) is 14.0. The number of para-hydroxylation sites is 1. The summed E-state index contributed by atoms with van der Waals surface area (Å²) in [5.74, 6) is 1.12. The van der Waals surface area contributed by atoms with E-state index in [4.69, 9.17) is 23.2 Å². The second kappa shape index (κ2) is 8.19. The van der Waals surface area contributed by atoms with Crippen molar-refractivity contribution in [1.82, 2.24) is 9.97 Å². The third kappa shape index (κ3) is 4.24. The Balaban J connectivity index is 1.76. The van der Waals surface area contributed by atoms with Gasteiger partial charge in [0.1, 0.15) is 0 Å². The monoisotopic (exact) mass is 420 g/mol. The standard InChI is InChI=1S/C23H18Cl2N4/c1-14-7-9-16(10-8-14)15(2)28-29-23-19-5-3-4-6-21(19)26-22(27-23)18-12-11-17(24)13-20(18)25/h3-13H,1-2H3,(H,26,27,29)/b28-15+. The largest absolute Gasteiger partial charge is 0.260 e. The summed E-state index contributed by atoms with van der Waals surface area (Å²) < 4.78 is 0. The normalized spacial score (nSPS) is 11.7. The number of nitrogens with zero attached hydrogens (tertiary/aromatic N) is 3. The zero-order chi connectivity index (χ0) is 20.4. The fourth-order valence-electron chi connectivity index (χ4n) is 2.95. The molecule has 0 saturated heterocycles. The summed E-state index contributed by atoms with van der Waals surface area (Å²) in [6.07, 6.45) is 0. The highest BCUT2D eigenvalue weighted by Crippen LogP contribution is 2.31. The number of nitrogens with one attached hydrogen (secondary N) is 1. The molecule has 0 aliphatic carbocycles. The van der Waals surface area contributed by atoms with Gasteiger partial charge in [-0.2, -0.15) is 5.10 Å². The average molecular weight is 421 g/mol.